The quantitative estimate of drug-likeness (QED) is 0.832. The van der Waals surface area contributed by atoms with Crippen LogP contribution in [0.5, 0.6) is 11.5 Å². The Kier molecular flexibility index (Phi) is 4.92. The van der Waals surface area contributed by atoms with Crippen molar-refractivity contribution in [3.05, 3.63) is 39.8 Å². The van der Waals surface area contributed by atoms with Crippen molar-refractivity contribution in [2.45, 2.75) is 13.3 Å². The smallest absolute Gasteiger partial charge is 0.123 e. The van der Waals surface area contributed by atoms with Gasteiger partial charge in [0.15, 0.2) is 0 Å². The van der Waals surface area contributed by atoms with Crippen LogP contribution < -0.4 is 15.2 Å². The van der Waals surface area contributed by atoms with Crippen LogP contribution in [0, 0.1) is 6.92 Å². The number of nitrogens with two attached hydrogens (primary N) is 1. The zero-order valence-electron chi connectivity index (χ0n) is 11.4. The van der Waals surface area contributed by atoms with Gasteiger partial charge in [-0.25, -0.2) is 4.98 Å². The molecule has 0 saturated carbocycles. The summed E-state index contributed by atoms with van der Waals surface area (Å²) in [7, 11) is 1.63. The molecule has 0 radical (unpaired) electrons. The van der Waals surface area contributed by atoms with Crippen LogP contribution in [0.2, 0.25) is 0 Å². The molecule has 106 valence electrons. The van der Waals surface area contributed by atoms with Crippen molar-refractivity contribution >= 4 is 28.5 Å². The van der Waals surface area contributed by atoms with Gasteiger partial charge < -0.3 is 15.2 Å². The molecule has 0 saturated heterocycles. The molecule has 0 bridgehead atoms. The van der Waals surface area contributed by atoms with E-state index in [-0.39, 0.29) is 0 Å². The highest BCUT2D eigenvalue weighted by Crippen LogP contribution is 2.21. The summed E-state index contributed by atoms with van der Waals surface area (Å²) in [6, 6.07) is 7.53. The van der Waals surface area contributed by atoms with Crippen LogP contribution in [-0.4, -0.2) is 23.7 Å². The highest BCUT2D eigenvalue weighted by atomic mass is 32.1. The summed E-state index contributed by atoms with van der Waals surface area (Å²) in [4.78, 5) is 5.73. The Balaban J connectivity index is 1.92. The van der Waals surface area contributed by atoms with Gasteiger partial charge in [-0.05, 0) is 19.1 Å². The van der Waals surface area contributed by atoms with Crippen molar-refractivity contribution in [2.75, 3.05) is 13.7 Å². The van der Waals surface area contributed by atoms with E-state index in [9.17, 15) is 0 Å². The van der Waals surface area contributed by atoms with Crippen LogP contribution in [0.4, 0.5) is 0 Å². The van der Waals surface area contributed by atoms with Gasteiger partial charge in [0.05, 0.1) is 29.3 Å². The van der Waals surface area contributed by atoms with E-state index < -0.39 is 0 Å². The number of rotatable bonds is 6. The van der Waals surface area contributed by atoms with Gasteiger partial charge in [0.25, 0.3) is 0 Å². The first-order valence-electron chi connectivity index (χ1n) is 6.13. The van der Waals surface area contributed by atoms with Crippen LogP contribution in [0.1, 0.15) is 15.6 Å². The van der Waals surface area contributed by atoms with Crippen molar-refractivity contribution in [2.24, 2.45) is 5.73 Å². The molecule has 0 amide bonds. The Morgan fingerprint density at radius 2 is 2.15 bits per heavy atom. The summed E-state index contributed by atoms with van der Waals surface area (Å²) in [6.07, 6.45) is 0.728. The van der Waals surface area contributed by atoms with E-state index in [0.29, 0.717) is 11.6 Å². The second-order valence-electron chi connectivity index (χ2n) is 4.16. The predicted molar refractivity (Wildman–Crippen MR) is 84.9 cm³/mol. The van der Waals surface area contributed by atoms with Gasteiger partial charge in [0, 0.05) is 12.5 Å². The lowest BCUT2D eigenvalue weighted by Crippen LogP contribution is -2.08. The van der Waals surface area contributed by atoms with Crippen LogP contribution in [-0.2, 0) is 6.42 Å². The van der Waals surface area contributed by atoms with E-state index >= 15 is 0 Å². The minimum Gasteiger partial charge on any atom is -0.497 e. The molecule has 0 spiro atoms. The molecule has 2 N–H and O–H groups in total. The van der Waals surface area contributed by atoms with Crippen molar-refractivity contribution in [3.63, 3.8) is 0 Å². The SMILES string of the molecule is COc1cccc(OCCc2nc(C)c(C(N)=S)s2)c1. The zero-order valence-corrected chi connectivity index (χ0v) is 13.0. The molecular formula is C14H16N2O2S2. The second-order valence-corrected chi connectivity index (χ2v) is 5.69. The number of ether oxygens (including phenoxy) is 2. The largest absolute Gasteiger partial charge is 0.497 e. The van der Waals surface area contributed by atoms with Gasteiger partial charge in [0.1, 0.15) is 16.5 Å². The van der Waals surface area contributed by atoms with E-state index in [1.54, 1.807) is 7.11 Å². The van der Waals surface area contributed by atoms with Gasteiger partial charge in [-0.2, -0.15) is 0 Å². The first-order valence-corrected chi connectivity index (χ1v) is 7.35. The molecule has 1 aromatic carbocycles. The Hall–Kier alpha value is -1.66. The lowest BCUT2D eigenvalue weighted by molar-refractivity contribution is 0.318. The Bertz CT molecular complexity index is 611. The molecule has 1 aromatic heterocycles. The van der Waals surface area contributed by atoms with Gasteiger partial charge in [-0.3, -0.25) is 0 Å². The molecule has 0 aliphatic heterocycles. The number of aryl methyl sites for hydroxylation is 1. The van der Waals surface area contributed by atoms with Gasteiger partial charge in [-0.1, -0.05) is 18.3 Å². The topological polar surface area (TPSA) is 57.4 Å². The summed E-state index contributed by atoms with van der Waals surface area (Å²) in [5, 5.41) is 0.980. The fourth-order valence-corrected chi connectivity index (χ4v) is 2.91. The third-order valence-corrected chi connectivity index (χ3v) is 4.27. The van der Waals surface area contributed by atoms with Gasteiger partial charge in [0.2, 0.25) is 0 Å². The Labute approximate surface area is 127 Å². The molecule has 0 aliphatic rings. The highest BCUT2D eigenvalue weighted by molar-refractivity contribution is 7.81. The molecule has 1 heterocycles. The average Bonchev–Trinajstić information content (AvgIpc) is 2.80. The zero-order chi connectivity index (χ0) is 14.5. The number of thiocarbonyl (C=S) groups is 1. The first kappa shape index (κ1) is 14.7. The van der Waals surface area contributed by atoms with E-state index in [0.717, 1.165) is 33.5 Å². The Morgan fingerprint density at radius 3 is 2.80 bits per heavy atom. The van der Waals surface area contributed by atoms with E-state index in [2.05, 4.69) is 4.98 Å². The summed E-state index contributed by atoms with van der Waals surface area (Å²) in [6.45, 7) is 2.47. The standard InChI is InChI=1S/C14H16N2O2S2/c1-9-13(14(15)19)20-12(16-9)6-7-18-11-5-3-4-10(8-11)17-2/h3-5,8H,6-7H2,1-2H3,(H2,15,19). The summed E-state index contributed by atoms with van der Waals surface area (Å²) >= 11 is 6.51. The lowest BCUT2D eigenvalue weighted by atomic mass is 10.3. The van der Waals surface area contributed by atoms with Crippen molar-refractivity contribution in [1.82, 2.24) is 4.98 Å². The fraction of sp³-hybridized carbons (Fsp3) is 0.286. The number of thiazole rings is 1. The van der Waals surface area contributed by atoms with E-state index in [1.807, 2.05) is 31.2 Å². The molecule has 0 atom stereocenters. The molecule has 2 aromatic rings. The first-order chi connectivity index (χ1) is 9.60. The maximum absolute atomic E-state index is 5.68. The minimum absolute atomic E-state index is 0.403. The number of methoxy groups -OCH3 is 1. The predicted octanol–water partition coefficient (Wildman–Crippen LogP) is 2.72. The lowest BCUT2D eigenvalue weighted by Gasteiger charge is -2.06. The fourth-order valence-electron chi connectivity index (χ4n) is 1.74. The van der Waals surface area contributed by atoms with E-state index in [1.165, 1.54) is 11.3 Å². The van der Waals surface area contributed by atoms with Gasteiger partial charge >= 0.3 is 0 Å². The minimum atomic E-state index is 0.403. The van der Waals surface area contributed by atoms with Crippen LogP contribution in [0.25, 0.3) is 0 Å². The van der Waals surface area contributed by atoms with Crippen LogP contribution in [0.15, 0.2) is 24.3 Å². The van der Waals surface area contributed by atoms with Gasteiger partial charge in [-0.15, -0.1) is 11.3 Å². The number of benzene rings is 1. The maximum Gasteiger partial charge on any atom is 0.123 e. The van der Waals surface area contributed by atoms with Crippen molar-refractivity contribution in [3.8, 4) is 11.5 Å². The highest BCUT2D eigenvalue weighted by Gasteiger charge is 2.09. The molecule has 6 heteroatoms. The average molecular weight is 308 g/mol. The monoisotopic (exact) mass is 308 g/mol. The third kappa shape index (κ3) is 3.68. The number of aromatic nitrogens is 1. The number of nitrogens with zero attached hydrogens (tertiary/aromatic N) is 1. The maximum atomic E-state index is 5.68. The van der Waals surface area contributed by atoms with Crippen LogP contribution >= 0.6 is 23.6 Å². The molecular weight excluding hydrogens is 292 g/mol. The molecule has 4 nitrogen and oxygen atoms in total. The Morgan fingerprint density at radius 1 is 1.40 bits per heavy atom. The molecule has 2 rings (SSSR count). The van der Waals surface area contributed by atoms with E-state index in [4.69, 9.17) is 27.4 Å². The normalized spacial score (nSPS) is 10.3. The number of hydrogen-bond donors (Lipinski definition) is 1. The molecule has 20 heavy (non-hydrogen) atoms. The third-order valence-electron chi connectivity index (χ3n) is 2.69. The summed E-state index contributed by atoms with van der Waals surface area (Å²) in [5.74, 6) is 1.57. The summed E-state index contributed by atoms with van der Waals surface area (Å²) in [5.41, 5.74) is 6.52. The molecule has 0 fully saturated rings. The van der Waals surface area contributed by atoms with Crippen molar-refractivity contribution < 1.29 is 9.47 Å². The summed E-state index contributed by atoms with van der Waals surface area (Å²) < 4.78 is 10.8. The molecule has 0 unspecified atom stereocenters. The van der Waals surface area contributed by atoms with Crippen LogP contribution in [0.3, 0.4) is 0 Å². The second kappa shape index (κ2) is 6.67. The molecule has 0 aliphatic carbocycles. The number of hydrogen-bond acceptors (Lipinski definition) is 5. The van der Waals surface area contributed by atoms with Crippen molar-refractivity contribution in [1.29, 1.82) is 0 Å².